The first-order chi connectivity index (χ1) is 12.9. The van der Waals surface area contributed by atoms with Crippen molar-refractivity contribution in [3.8, 4) is 17.6 Å². The number of phenolic OH excluding ortho intramolecular Hbond substituents is 1. The van der Waals surface area contributed by atoms with Crippen molar-refractivity contribution in [3.63, 3.8) is 0 Å². The van der Waals surface area contributed by atoms with Gasteiger partial charge in [-0.25, -0.2) is 0 Å². The van der Waals surface area contributed by atoms with Gasteiger partial charge in [0.2, 0.25) is 0 Å². The molecule has 1 aromatic rings. The molecule has 4 nitrogen and oxygen atoms in total. The number of nitrogens with zero attached hydrogens (tertiary/aromatic N) is 1. The lowest BCUT2D eigenvalue weighted by molar-refractivity contribution is -0.0318. The monoisotopic (exact) mass is 369 g/mol. The number of phenols is 1. The first-order valence-corrected chi connectivity index (χ1v) is 10.5. The van der Waals surface area contributed by atoms with Gasteiger partial charge in [0.1, 0.15) is 17.1 Å². The summed E-state index contributed by atoms with van der Waals surface area (Å²) in [5, 5.41) is 30.1. The third kappa shape index (κ3) is 3.10. The Kier molecular flexibility index (Phi) is 4.63. The van der Waals surface area contributed by atoms with Gasteiger partial charge in [0.15, 0.2) is 0 Å². The quantitative estimate of drug-likeness (QED) is 0.739. The second kappa shape index (κ2) is 6.71. The zero-order valence-electron chi connectivity index (χ0n) is 16.5. The van der Waals surface area contributed by atoms with Crippen LogP contribution in [0.5, 0.6) is 11.5 Å². The molecule has 2 fully saturated rings. The maximum atomic E-state index is 11.0. The number of hydrogen-bond acceptors (Lipinski definition) is 4. The van der Waals surface area contributed by atoms with Crippen molar-refractivity contribution < 1.29 is 14.9 Å². The fraction of sp³-hybridized carbons (Fsp3) is 0.696. The van der Waals surface area contributed by atoms with E-state index in [4.69, 9.17) is 10.00 Å². The Morgan fingerprint density at radius 2 is 2.04 bits per heavy atom. The van der Waals surface area contributed by atoms with Crippen LogP contribution in [0.25, 0.3) is 0 Å². The Morgan fingerprint density at radius 1 is 1.26 bits per heavy atom. The number of rotatable bonds is 4. The summed E-state index contributed by atoms with van der Waals surface area (Å²) in [4.78, 5) is 0. The lowest BCUT2D eigenvalue weighted by Gasteiger charge is -2.49. The Morgan fingerprint density at radius 3 is 2.70 bits per heavy atom. The summed E-state index contributed by atoms with van der Waals surface area (Å²) < 4.78 is 6.44. The molecule has 0 bridgehead atoms. The Hall–Kier alpha value is -1.73. The third-order valence-electron chi connectivity index (χ3n) is 7.45. The van der Waals surface area contributed by atoms with Crippen molar-refractivity contribution in [1.29, 1.82) is 5.26 Å². The third-order valence-corrected chi connectivity index (χ3v) is 7.45. The summed E-state index contributed by atoms with van der Waals surface area (Å²) >= 11 is 0. The number of aromatic hydroxyl groups is 1. The lowest BCUT2D eigenvalue weighted by Crippen LogP contribution is -2.47. The van der Waals surface area contributed by atoms with E-state index in [1.165, 1.54) is 6.42 Å². The molecule has 2 aliphatic carbocycles. The van der Waals surface area contributed by atoms with Crippen molar-refractivity contribution in [3.05, 3.63) is 23.3 Å². The van der Waals surface area contributed by atoms with E-state index < -0.39 is 0 Å². The molecule has 0 aromatic heterocycles. The first kappa shape index (κ1) is 18.6. The number of fused-ring (bicyclic) bond motifs is 3. The maximum Gasteiger partial charge on any atom is 0.127 e. The predicted octanol–water partition coefficient (Wildman–Crippen LogP) is 4.92. The van der Waals surface area contributed by atoms with Gasteiger partial charge in [0.25, 0.3) is 0 Å². The highest BCUT2D eigenvalue weighted by molar-refractivity contribution is 5.54. The summed E-state index contributed by atoms with van der Waals surface area (Å²) in [6, 6.07) is 6.35. The van der Waals surface area contributed by atoms with Crippen LogP contribution in [0.2, 0.25) is 0 Å². The van der Waals surface area contributed by atoms with Crippen LogP contribution in [0.3, 0.4) is 0 Å². The van der Waals surface area contributed by atoms with E-state index in [0.29, 0.717) is 24.5 Å². The topological polar surface area (TPSA) is 73.5 Å². The van der Waals surface area contributed by atoms with Crippen molar-refractivity contribution in [2.45, 2.75) is 94.7 Å². The molecule has 0 unspecified atom stereocenters. The van der Waals surface area contributed by atoms with Gasteiger partial charge in [0.05, 0.1) is 12.2 Å². The van der Waals surface area contributed by atoms with Gasteiger partial charge >= 0.3 is 0 Å². The van der Waals surface area contributed by atoms with E-state index in [-0.39, 0.29) is 23.0 Å². The normalized spacial score (nSPS) is 30.2. The van der Waals surface area contributed by atoms with E-state index >= 15 is 0 Å². The first-order valence-electron chi connectivity index (χ1n) is 10.5. The highest BCUT2D eigenvalue weighted by atomic mass is 16.5. The lowest BCUT2D eigenvalue weighted by atomic mass is 9.61. The highest BCUT2D eigenvalue weighted by Gasteiger charge is 2.48. The molecule has 1 aliphatic heterocycles. The van der Waals surface area contributed by atoms with Crippen LogP contribution in [-0.4, -0.2) is 21.9 Å². The number of aliphatic hydroxyl groups excluding tert-OH is 1. The average Bonchev–Trinajstić information content (AvgIpc) is 2.55. The van der Waals surface area contributed by atoms with Gasteiger partial charge in [-0.2, -0.15) is 5.26 Å². The van der Waals surface area contributed by atoms with Gasteiger partial charge in [-0.15, -0.1) is 0 Å². The molecular weight excluding hydrogens is 338 g/mol. The average molecular weight is 370 g/mol. The smallest absolute Gasteiger partial charge is 0.127 e. The van der Waals surface area contributed by atoms with Crippen LogP contribution in [-0.2, 0) is 5.41 Å². The molecule has 1 heterocycles. The SMILES string of the molecule is CC1(C)Oc2cc(C3(CCCC#N)CCC3)cc(O)c2[C@@H]2C[C@H](O)CC[C@H]21. The molecule has 0 spiro atoms. The van der Waals surface area contributed by atoms with Crippen LogP contribution in [0.15, 0.2) is 12.1 Å². The van der Waals surface area contributed by atoms with Crippen LogP contribution in [0.1, 0.15) is 88.7 Å². The summed E-state index contributed by atoms with van der Waals surface area (Å²) in [6.45, 7) is 4.28. The van der Waals surface area contributed by atoms with Gasteiger partial charge in [-0.1, -0.05) is 6.42 Å². The molecule has 27 heavy (non-hydrogen) atoms. The van der Waals surface area contributed by atoms with Gasteiger partial charge in [0, 0.05) is 23.8 Å². The fourth-order valence-electron chi connectivity index (χ4n) is 5.83. The molecule has 4 heteroatoms. The Balaban J connectivity index is 1.72. The maximum absolute atomic E-state index is 11.0. The van der Waals surface area contributed by atoms with Gasteiger partial charge < -0.3 is 14.9 Å². The van der Waals surface area contributed by atoms with Crippen LogP contribution < -0.4 is 4.74 Å². The van der Waals surface area contributed by atoms with E-state index in [2.05, 4.69) is 26.0 Å². The molecular formula is C23H31NO3. The molecule has 2 saturated carbocycles. The molecule has 0 radical (unpaired) electrons. The minimum atomic E-state index is -0.295. The zero-order valence-corrected chi connectivity index (χ0v) is 16.5. The van der Waals surface area contributed by atoms with Gasteiger partial charge in [-0.3, -0.25) is 0 Å². The van der Waals surface area contributed by atoms with E-state index in [1.807, 2.05) is 6.07 Å². The summed E-state index contributed by atoms with van der Waals surface area (Å²) in [7, 11) is 0. The molecule has 0 saturated heterocycles. The van der Waals surface area contributed by atoms with E-state index in [0.717, 1.165) is 55.4 Å². The second-order valence-corrected chi connectivity index (χ2v) is 9.44. The fourth-order valence-corrected chi connectivity index (χ4v) is 5.83. The second-order valence-electron chi connectivity index (χ2n) is 9.44. The van der Waals surface area contributed by atoms with Gasteiger partial charge in [-0.05, 0) is 81.9 Å². The predicted molar refractivity (Wildman–Crippen MR) is 104 cm³/mol. The number of nitriles is 1. The molecule has 3 atom stereocenters. The Bertz CT molecular complexity index is 760. The number of aliphatic hydroxyl groups is 1. The molecule has 4 rings (SSSR count). The summed E-state index contributed by atoms with van der Waals surface area (Å²) in [5.41, 5.74) is 1.85. The summed E-state index contributed by atoms with van der Waals surface area (Å²) in [6.07, 6.45) is 8.06. The molecule has 0 amide bonds. The minimum absolute atomic E-state index is 0.0831. The van der Waals surface area contributed by atoms with Crippen LogP contribution in [0, 0.1) is 17.2 Å². The number of unbranched alkanes of at least 4 members (excludes halogenated alkanes) is 1. The number of hydrogen-bond donors (Lipinski definition) is 2. The van der Waals surface area contributed by atoms with Crippen molar-refractivity contribution in [2.24, 2.45) is 5.92 Å². The van der Waals surface area contributed by atoms with Crippen molar-refractivity contribution in [2.75, 3.05) is 0 Å². The van der Waals surface area contributed by atoms with E-state index in [1.54, 1.807) is 0 Å². The van der Waals surface area contributed by atoms with Crippen molar-refractivity contribution in [1.82, 2.24) is 0 Å². The van der Waals surface area contributed by atoms with Crippen molar-refractivity contribution >= 4 is 0 Å². The molecule has 146 valence electrons. The summed E-state index contributed by atoms with van der Waals surface area (Å²) in [5.74, 6) is 1.60. The minimum Gasteiger partial charge on any atom is -0.508 e. The number of ether oxygens (including phenoxy) is 1. The van der Waals surface area contributed by atoms with Crippen LogP contribution in [0.4, 0.5) is 0 Å². The number of benzene rings is 1. The molecule has 1 aromatic carbocycles. The standard InChI is InChI=1S/C23H31NO3/c1-22(2)18-7-6-16(25)14-17(18)21-19(26)12-15(13-20(21)27-22)23(9-5-10-23)8-3-4-11-24/h12-13,16-18,25-26H,3-10,14H2,1-2H3/t16-,17-,18-/m1/s1. The zero-order chi connectivity index (χ0) is 19.2. The molecule has 2 N–H and O–H groups in total. The molecule has 3 aliphatic rings. The Labute approximate surface area is 162 Å². The van der Waals surface area contributed by atoms with Crippen LogP contribution >= 0.6 is 0 Å². The van der Waals surface area contributed by atoms with E-state index in [9.17, 15) is 10.2 Å². The largest absolute Gasteiger partial charge is 0.508 e. The highest BCUT2D eigenvalue weighted by Crippen LogP contribution is 2.57.